The molecule has 0 spiro atoms. The van der Waals surface area contributed by atoms with Gasteiger partial charge in [0.05, 0.1) is 136 Å². The summed E-state index contributed by atoms with van der Waals surface area (Å²) in [5.41, 5.74) is 0.655. The van der Waals surface area contributed by atoms with Gasteiger partial charge in [0.15, 0.2) is 0 Å². The van der Waals surface area contributed by atoms with Crippen molar-refractivity contribution >= 4 is 0 Å². The van der Waals surface area contributed by atoms with Crippen LogP contribution in [-0.4, -0.2) is 286 Å². The first-order chi connectivity index (χ1) is 40.0. The van der Waals surface area contributed by atoms with Gasteiger partial charge in [-0.3, -0.25) is 0 Å². The molecular weight excluding hydrogens is 1060 g/mol. The highest BCUT2D eigenvalue weighted by Gasteiger charge is 2.48. The lowest BCUT2D eigenvalue weighted by Gasteiger charge is -2.38. The van der Waals surface area contributed by atoms with Gasteiger partial charge in [-0.25, -0.2) is 29.4 Å². The standard InChI is InChI=1S/2C13H29N2.4C12H27N2/c1-6-9-13-10-15(7-2,8-3)11-14(13)12(4)5;1-6-9-13-10-14(12(4)5)11-15(13,7-2)8-3;1-7-14(8-2)9-11(3)13(10-14)12(4,5)6;1-7-14(8-2)10-13(9-11(14)3)12(4,5)6;1-6-12-9-14(7-2,8-3)10-13(12)11(4)5;1-6-12-9-13(11(4)5)10-14(12,7-2)8-3/h2*12-13H,6-11H2,1-5H3;2*11H,7-10H2,1-6H3;2*11-12H,6-10H2,1-5H3/q6*+1. The van der Waals surface area contributed by atoms with Crippen LogP contribution >= 0.6 is 0 Å². The monoisotopic (exact) mass is 1220 g/mol. The molecule has 0 aromatic carbocycles. The molecule has 516 valence electrons. The first-order valence-corrected chi connectivity index (χ1v) is 37.7. The highest BCUT2D eigenvalue weighted by molar-refractivity contribution is 4.84. The molecule has 6 atom stereocenters. The molecule has 6 aliphatic heterocycles. The maximum atomic E-state index is 2.72. The summed E-state index contributed by atoms with van der Waals surface area (Å²) in [6, 6.07) is 7.76. The molecule has 6 fully saturated rings. The highest BCUT2D eigenvalue weighted by Crippen LogP contribution is 2.33. The van der Waals surface area contributed by atoms with Crippen molar-refractivity contribution < 1.29 is 26.9 Å². The van der Waals surface area contributed by atoms with Gasteiger partial charge in [0.2, 0.25) is 0 Å². The van der Waals surface area contributed by atoms with E-state index in [0.717, 1.165) is 36.3 Å². The van der Waals surface area contributed by atoms with E-state index in [1.54, 1.807) is 0 Å². The van der Waals surface area contributed by atoms with Gasteiger partial charge in [-0.05, 0) is 213 Å². The Labute approximate surface area is 543 Å². The van der Waals surface area contributed by atoms with Crippen molar-refractivity contribution in [1.29, 1.82) is 0 Å². The quantitative estimate of drug-likeness (QED) is 0.0999. The second kappa shape index (κ2) is 37.4. The molecule has 86 heavy (non-hydrogen) atoms. The summed E-state index contributed by atoms with van der Waals surface area (Å²) in [5, 5.41) is 0. The average molecular weight is 1220 g/mol. The minimum absolute atomic E-state index is 0.323. The molecule has 0 radical (unpaired) electrons. The van der Waals surface area contributed by atoms with Crippen molar-refractivity contribution in [2.24, 2.45) is 0 Å². The fraction of sp³-hybridized carbons (Fsp3) is 1.00. The maximum absolute atomic E-state index is 2.72. The molecule has 6 heterocycles. The van der Waals surface area contributed by atoms with Gasteiger partial charge < -0.3 is 26.9 Å². The molecule has 0 amide bonds. The molecule has 6 unspecified atom stereocenters. The van der Waals surface area contributed by atoms with Crippen molar-refractivity contribution in [1.82, 2.24) is 29.4 Å². The highest BCUT2D eigenvalue weighted by atomic mass is 15.6. The minimum Gasteiger partial charge on any atom is -0.310 e. The molecule has 0 saturated carbocycles. The van der Waals surface area contributed by atoms with Crippen molar-refractivity contribution in [2.75, 3.05) is 158 Å². The third kappa shape index (κ3) is 22.1. The van der Waals surface area contributed by atoms with Crippen LogP contribution in [0.1, 0.15) is 260 Å². The number of nitrogens with zero attached hydrogens (tertiary/aromatic N) is 12. The molecule has 0 aliphatic carbocycles. The predicted molar refractivity (Wildman–Crippen MR) is 382 cm³/mol. The Kier molecular flexibility index (Phi) is 36.3. The van der Waals surface area contributed by atoms with E-state index in [9.17, 15) is 0 Å². The molecule has 0 bridgehead atoms. The van der Waals surface area contributed by atoms with Gasteiger partial charge >= 0.3 is 0 Å². The van der Waals surface area contributed by atoms with Crippen LogP contribution < -0.4 is 0 Å². The van der Waals surface area contributed by atoms with Crippen LogP contribution in [0.15, 0.2) is 0 Å². The van der Waals surface area contributed by atoms with Gasteiger partial charge in [-0.15, -0.1) is 0 Å². The summed E-state index contributed by atoms with van der Waals surface area (Å²) in [4.78, 5) is 16.0. The van der Waals surface area contributed by atoms with Gasteiger partial charge in [-0.2, -0.15) is 0 Å². The lowest BCUT2D eigenvalue weighted by Crippen LogP contribution is -2.52. The SMILES string of the molecule is CCC1CN(C(C)C)C[N+]1(CC)CC.CCC1C[N+](CC)(CC)CN1C(C)C.CCCC1CN(C(C)C)C[N+]1(CC)CC.CCCC1C[N+](CC)(CC)CN1C(C)C.CC[N+]1(CC)CC(C)N(C(C)(C)C)C1.CC[N+]1(CC)CN(C(C)(C)C)CC1C. The van der Waals surface area contributed by atoms with Crippen molar-refractivity contribution in [3.63, 3.8) is 0 Å². The van der Waals surface area contributed by atoms with E-state index in [0.29, 0.717) is 35.2 Å². The molecule has 6 rings (SSSR count). The molecule has 0 N–H and O–H groups in total. The minimum atomic E-state index is 0.323. The van der Waals surface area contributed by atoms with Gasteiger partial charge in [-0.1, -0.05) is 40.5 Å². The van der Waals surface area contributed by atoms with E-state index in [4.69, 9.17) is 0 Å². The molecule has 12 nitrogen and oxygen atoms in total. The predicted octanol–water partition coefficient (Wildman–Crippen LogP) is 14.6. The van der Waals surface area contributed by atoms with Gasteiger partial charge in [0.1, 0.15) is 58.1 Å². The lowest BCUT2D eigenvalue weighted by molar-refractivity contribution is -0.939. The molecule has 6 saturated heterocycles. The van der Waals surface area contributed by atoms with E-state index < -0.39 is 0 Å². The van der Waals surface area contributed by atoms with Crippen molar-refractivity contribution in [3.8, 4) is 0 Å². The van der Waals surface area contributed by atoms with Crippen molar-refractivity contribution in [2.45, 2.75) is 332 Å². The molecule has 6 aliphatic rings. The summed E-state index contributed by atoms with van der Waals surface area (Å²) in [5.74, 6) is 0. The van der Waals surface area contributed by atoms with Crippen LogP contribution in [0, 0.1) is 0 Å². The zero-order chi connectivity index (χ0) is 66.5. The normalized spacial score (nSPS) is 27.3. The molecule has 12 heteroatoms. The van der Waals surface area contributed by atoms with E-state index in [2.05, 4.69) is 251 Å². The van der Waals surface area contributed by atoms with E-state index in [1.807, 2.05) is 0 Å². The fourth-order valence-corrected chi connectivity index (χ4v) is 16.7. The Morgan fingerprint density at radius 3 is 0.988 bits per heavy atom. The summed E-state index contributed by atoms with van der Waals surface area (Å²) >= 11 is 0. The van der Waals surface area contributed by atoms with E-state index >= 15 is 0 Å². The van der Waals surface area contributed by atoms with Crippen LogP contribution in [0.3, 0.4) is 0 Å². The second-order valence-corrected chi connectivity index (χ2v) is 32.1. The zero-order valence-electron chi connectivity index (χ0n) is 65.4. The number of hydrogen-bond donors (Lipinski definition) is 0. The number of quaternary nitrogens is 6. The lowest BCUT2D eigenvalue weighted by atomic mass is 10.1. The first-order valence-electron chi connectivity index (χ1n) is 37.7. The largest absolute Gasteiger partial charge is 0.310 e. The first kappa shape index (κ1) is 83.5. The Hall–Kier alpha value is -0.480. The summed E-state index contributed by atoms with van der Waals surface area (Å²) in [6.07, 6.45) is 8.05. The Bertz CT molecular complexity index is 1740. The molecule has 0 aromatic heterocycles. The molecule has 0 aromatic rings. The van der Waals surface area contributed by atoms with Gasteiger partial charge in [0.25, 0.3) is 0 Å². The summed E-state index contributed by atoms with van der Waals surface area (Å²) in [6.45, 7) is 106. The number of hydrogen-bond acceptors (Lipinski definition) is 6. The molecular formula is C74H166N12+6. The van der Waals surface area contributed by atoms with E-state index in [-0.39, 0.29) is 0 Å². The van der Waals surface area contributed by atoms with Crippen LogP contribution in [0.2, 0.25) is 0 Å². The van der Waals surface area contributed by atoms with Crippen LogP contribution in [0.25, 0.3) is 0 Å². The van der Waals surface area contributed by atoms with Crippen molar-refractivity contribution in [3.05, 3.63) is 0 Å². The Morgan fingerprint density at radius 2 is 0.733 bits per heavy atom. The average Bonchev–Trinajstić information content (AvgIpc) is 2.87. The Morgan fingerprint density at radius 1 is 0.360 bits per heavy atom. The maximum Gasteiger partial charge on any atom is 0.135 e. The second-order valence-electron chi connectivity index (χ2n) is 32.1. The van der Waals surface area contributed by atoms with E-state index in [1.165, 1.54) is 223 Å². The number of rotatable bonds is 22. The summed E-state index contributed by atoms with van der Waals surface area (Å²) < 4.78 is 7.80. The van der Waals surface area contributed by atoms with Crippen LogP contribution in [0.4, 0.5) is 0 Å². The smallest absolute Gasteiger partial charge is 0.135 e. The fourth-order valence-electron chi connectivity index (χ4n) is 16.7. The number of likely N-dealkylation sites (N-methyl/N-ethyl adjacent to an activating group) is 6. The van der Waals surface area contributed by atoms with Gasteiger partial charge in [0, 0.05) is 41.7 Å². The zero-order valence-corrected chi connectivity index (χ0v) is 65.4. The third-order valence-corrected chi connectivity index (χ3v) is 24.5. The summed E-state index contributed by atoms with van der Waals surface area (Å²) in [7, 11) is 0. The Balaban J connectivity index is 0.000000516. The third-order valence-electron chi connectivity index (χ3n) is 24.5. The topological polar surface area (TPSA) is 19.4 Å². The van der Waals surface area contributed by atoms with Crippen LogP contribution in [0.5, 0.6) is 0 Å². The van der Waals surface area contributed by atoms with Crippen LogP contribution in [-0.2, 0) is 0 Å².